The number of likely N-dealkylation sites (tertiary alicyclic amines) is 1. The lowest BCUT2D eigenvalue weighted by Crippen LogP contribution is -2.32. The molecule has 0 aromatic heterocycles. The number of carbonyl (C=O) groups excluding carboxylic acids is 1. The van der Waals surface area contributed by atoms with Gasteiger partial charge in [-0.2, -0.15) is 0 Å². The molecule has 0 aliphatic carbocycles. The van der Waals surface area contributed by atoms with Crippen molar-refractivity contribution in [3.63, 3.8) is 0 Å². The summed E-state index contributed by atoms with van der Waals surface area (Å²) in [6, 6.07) is 28.9. The van der Waals surface area contributed by atoms with E-state index >= 15 is 0 Å². The number of hydrogen-bond donors (Lipinski definition) is 0. The Morgan fingerprint density at radius 2 is 1.33 bits per heavy atom. The molecule has 3 aromatic rings. The highest BCUT2D eigenvalue weighted by molar-refractivity contribution is 5.96. The van der Waals surface area contributed by atoms with Gasteiger partial charge in [0.1, 0.15) is 5.75 Å². The van der Waals surface area contributed by atoms with E-state index in [4.69, 9.17) is 4.74 Å². The molecule has 0 amide bonds. The predicted molar refractivity (Wildman–Crippen MR) is 138 cm³/mol. The zero-order chi connectivity index (χ0) is 22.2. The zero-order valence-electron chi connectivity index (χ0n) is 19.2. The maximum Gasteiger partial charge on any atom is 0.162 e. The fourth-order valence-corrected chi connectivity index (χ4v) is 4.47. The third-order valence-corrected chi connectivity index (χ3v) is 6.23. The largest absolute Gasteiger partial charge is 0.497 e. The zero-order valence-corrected chi connectivity index (χ0v) is 20.0. The van der Waals surface area contributed by atoms with Gasteiger partial charge in [-0.3, -0.25) is 4.79 Å². The minimum absolute atomic E-state index is 0. The molecule has 0 saturated carbocycles. The van der Waals surface area contributed by atoms with Crippen molar-refractivity contribution in [2.75, 3.05) is 26.7 Å². The summed E-state index contributed by atoms with van der Waals surface area (Å²) in [5.41, 5.74) is 6.29. The highest BCUT2D eigenvalue weighted by Crippen LogP contribution is 2.32. The molecule has 0 spiro atoms. The Balaban J connectivity index is 0.00000306. The normalized spacial score (nSPS) is 13.8. The van der Waals surface area contributed by atoms with Crippen LogP contribution in [0.3, 0.4) is 0 Å². The second-order valence-corrected chi connectivity index (χ2v) is 8.31. The van der Waals surface area contributed by atoms with Gasteiger partial charge in [-0.05, 0) is 66.8 Å². The standard InChI is InChI=1S/C29H31NO2.ClH/c1-32-27-16-14-23(15-17-27)28(31)13-8-20-30-21-18-26(19-22-30)29(24-9-4-2-5-10-24)25-11-6-3-7-12-25;/h2-7,9-12,14-17H,8,13,18-22H2,1H3;1H. The number of piperidine rings is 1. The SMILES string of the molecule is COc1ccc(C(=O)CCCN2CCC(=C(c3ccccc3)c3ccccc3)CC2)cc1.Cl. The first-order valence-electron chi connectivity index (χ1n) is 11.5. The van der Waals surface area contributed by atoms with Gasteiger partial charge >= 0.3 is 0 Å². The van der Waals surface area contributed by atoms with Crippen molar-refractivity contribution in [2.45, 2.75) is 25.7 Å². The van der Waals surface area contributed by atoms with Crippen molar-refractivity contribution >= 4 is 23.8 Å². The average molecular weight is 462 g/mol. The first-order valence-corrected chi connectivity index (χ1v) is 11.5. The van der Waals surface area contributed by atoms with Crippen LogP contribution in [0, 0.1) is 0 Å². The van der Waals surface area contributed by atoms with Gasteiger partial charge in [0.25, 0.3) is 0 Å². The Bertz CT molecular complexity index is 994. The van der Waals surface area contributed by atoms with Crippen LogP contribution in [0.2, 0.25) is 0 Å². The van der Waals surface area contributed by atoms with Crippen LogP contribution in [0.15, 0.2) is 90.5 Å². The molecule has 3 nitrogen and oxygen atoms in total. The average Bonchev–Trinajstić information content (AvgIpc) is 2.86. The van der Waals surface area contributed by atoms with Gasteiger partial charge in [-0.15, -0.1) is 12.4 Å². The number of halogens is 1. The summed E-state index contributed by atoms with van der Waals surface area (Å²) in [5.74, 6) is 0.991. The van der Waals surface area contributed by atoms with E-state index in [2.05, 4.69) is 65.6 Å². The summed E-state index contributed by atoms with van der Waals surface area (Å²) < 4.78 is 5.17. The second-order valence-electron chi connectivity index (χ2n) is 8.31. The summed E-state index contributed by atoms with van der Waals surface area (Å²) in [6.45, 7) is 3.08. The summed E-state index contributed by atoms with van der Waals surface area (Å²) >= 11 is 0. The fourth-order valence-electron chi connectivity index (χ4n) is 4.47. The van der Waals surface area contributed by atoms with E-state index < -0.39 is 0 Å². The molecule has 1 fully saturated rings. The molecule has 1 saturated heterocycles. The first kappa shape index (κ1) is 24.8. The molecule has 0 radical (unpaired) electrons. The maximum absolute atomic E-state index is 12.5. The van der Waals surface area contributed by atoms with Crippen LogP contribution in [-0.4, -0.2) is 37.4 Å². The van der Waals surface area contributed by atoms with Gasteiger partial charge < -0.3 is 9.64 Å². The monoisotopic (exact) mass is 461 g/mol. The smallest absolute Gasteiger partial charge is 0.162 e. The van der Waals surface area contributed by atoms with E-state index in [1.54, 1.807) is 7.11 Å². The van der Waals surface area contributed by atoms with Gasteiger partial charge in [0.15, 0.2) is 5.78 Å². The molecule has 1 heterocycles. The van der Waals surface area contributed by atoms with Gasteiger partial charge in [0.05, 0.1) is 7.11 Å². The Labute approximate surface area is 203 Å². The molecule has 1 aliphatic rings. The number of methoxy groups -OCH3 is 1. The van der Waals surface area contributed by atoms with E-state index in [0.29, 0.717) is 6.42 Å². The van der Waals surface area contributed by atoms with Crippen molar-refractivity contribution in [3.05, 3.63) is 107 Å². The number of rotatable bonds is 8. The number of carbonyl (C=O) groups is 1. The predicted octanol–water partition coefficient (Wildman–Crippen LogP) is 6.68. The van der Waals surface area contributed by atoms with E-state index in [-0.39, 0.29) is 18.2 Å². The summed E-state index contributed by atoms with van der Waals surface area (Å²) in [4.78, 5) is 15.0. The van der Waals surface area contributed by atoms with Crippen molar-refractivity contribution in [2.24, 2.45) is 0 Å². The van der Waals surface area contributed by atoms with Crippen LogP contribution < -0.4 is 4.74 Å². The number of nitrogens with zero attached hydrogens (tertiary/aromatic N) is 1. The van der Waals surface area contributed by atoms with Crippen LogP contribution in [0.1, 0.15) is 47.2 Å². The van der Waals surface area contributed by atoms with Gasteiger partial charge in [-0.1, -0.05) is 66.2 Å². The maximum atomic E-state index is 12.5. The Morgan fingerprint density at radius 1 is 0.788 bits per heavy atom. The molecule has 172 valence electrons. The second kappa shape index (κ2) is 12.4. The summed E-state index contributed by atoms with van der Waals surface area (Å²) in [6.07, 6.45) is 3.63. The number of hydrogen-bond acceptors (Lipinski definition) is 3. The Kier molecular flexibility index (Phi) is 9.29. The van der Waals surface area contributed by atoms with Crippen LogP contribution in [-0.2, 0) is 0 Å². The lowest BCUT2D eigenvalue weighted by Gasteiger charge is -2.30. The molecule has 33 heavy (non-hydrogen) atoms. The van der Waals surface area contributed by atoms with Gasteiger partial charge in [0.2, 0.25) is 0 Å². The highest BCUT2D eigenvalue weighted by atomic mass is 35.5. The molecular weight excluding hydrogens is 430 g/mol. The molecule has 3 aromatic carbocycles. The Hall–Kier alpha value is -2.88. The minimum atomic E-state index is 0. The van der Waals surface area contributed by atoms with Gasteiger partial charge in [0, 0.05) is 25.1 Å². The number of benzene rings is 3. The molecule has 4 rings (SSSR count). The van der Waals surface area contributed by atoms with E-state index in [0.717, 1.165) is 50.2 Å². The lowest BCUT2D eigenvalue weighted by molar-refractivity contribution is 0.0974. The molecular formula is C29H32ClNO2. The van der Waals surface area contributed by atoms with Crippen LogP contribution in [0.4, 0.5) is 0 Å². The third kappa shape index (κ3) is 6.56. The molecule has 4 heteroatoms. The Morgan fingerprint density at radius 3 is 1.85 bits per heavy atom. The first-order chi connectivity index (χ1) is 15.7. The minimum Gasteiger partial charge on any atom is -0.497 e. The van der Waals surface area contributed by atoms with Crippen LogP contribution >= 0.6 is 12.4 Å². The van der Waals surface area contributed by atoms with Crippen molar-refractivity contribution in [1.29, 1.82) is 0 Å². The highest BCUT2D eigenvalue weighted by Gasteiger charge is 2.19. The van der Waals surface area contributed by atoms with Crippen molar-refractivity contribution < 1.29 is 9.53 Å². The van der Waals surface area contributed by atoms with Crippen molar-refractivity contribution in [3.8, 4) is 5.75 Å². The third-order valence-electron chi connectivity index (χ3n) is 6.23. The van der Waals surface area contributed by atoms with Crippen molar-refractivity contribution in [1.82, 2.24) is 4.90 Å². The lowest BCUT2D eigenvalue weighted by atomic mass is 9.88. The number of ketones is 1. The number of Topliss-reactive ketones (excluding diaryl/α,β-unsaturated/α-hetero) is 1. The van der Waals surface area contributed by atoms with Crippen LogP contribution in [0.25, 0.3) is 5.57 Å². The quantitative estimate of drug-likeness (QED) is 0.350. The van der Waals surface area contributed by atoms with E-state index in [1.807, 2.05) is 24.3 Å². The topological polar surface area (TPSA) is 29.5 Å². The van der Waals surface area contributed by atoms with Crippen LogP contribution in [0.5, 0.6) is 5.75 Å². The van der Waals surface area contributed by atoms with E-state index in [1.165, 1.54) is 22.3 Å². The molecule has 1 aliphatic heterocycles. The summed E-state index contributed by atoms with van der Waals surface area (Å²) in [7, 11) is 1.64. The molecule has 0 bridgehead atoms. The van der Waals surface area contributed by atoms with Gasteiger partial charge in [-0.25, -0.2) is 0 Å². The molecule has 0 N–H and O–H groups in total. The number of ether oxygens (including phenoxy) is 1. The van der Waals surface area contributed by atoms with E-state index in [9.17, 15) is 4.79 Å². The molecule has 0 unspecified atom stereocenters. The summed E-state index contributed by atoms with van der Waals surface area (Å²) in [5, 5.41) is 0. The molecule has 0 atom stereocenters. The fraction of sp³-hybridized carbons (Fsp3) is 0.276.